The SMILES string of the molecule is CCOC(=O)c1cccc(C(=O)NC2CCCCCCCCCCC2)n1. The van der Waals surface area contributed by atoms with E-state index in [1.807, 2.05) is 0 Å². The van der Waals surface area contributed by atoms with Gasteiger partial charge >= 0.3 is 5.97 Å². The van der Waals surface area contributed by atoms with Gasteiger partial charge in [-0.15, -0.1) is 0 Å². The Labute approximate surface area is 156 Å². The molecular formula is C21H32N2O3. The van der Waals surface area contributed by atoms with E-state index in [1.54, 1.807) is 25.1 Å². The van der Waals surface area contributed by atoms with E-state index >= 15 is 0 Å². The van der Waals surface area contributed by atoms with Crippen LogP contribution in [0.1, 0.15) is 98.5 Å². The monoisotopic (exact) mass is 360 g/mol. The van der Waals surface area contributed by atoms with E-state index in [9.17, 15) is 9.59 Å². The van der Waals surface area contributed by atoms with Crippen molar-refractivity contribution < 1.29 is 14.3 Å². The molecule has 5 nitrogen and oxygen atoms in total. The minimum Gasteiger partial charge on any atom is -0.461 e. The number of rotatable bonds is 4. The lowest BCUT2D eigenvalue weighted by atomic mass is 9.98. The molecule has 0 unspecified atom stereocenters. The van der Waals surface area contributed by atoms with Gasteiger partial charge in [0.05, 0.1) is 6.61 Å². The molecule has 26 heavy (non-hydrogen) atoms. The first kappa shape index (κ1) is 20.4. The Kier molecular flexibility index (Phi) is 9.15. The van der Waals surface area contributed by atoms with E-state index in [1.165, 1.54) is 44.9 Å². The van der Waals surface area contributed by atoms with Gasteiger partial charge in [-0.05, 0) is 31.9 Å². The first-order chi connectivity index (χ1) is 12.7. The topological polar surface area (TPSA) is 68.3 Å². The molecule has 2 rings (SSSR count). The van der Waals surface area contributed by atoms with Gasteiger partial charge in [-0.3, -0.25) is 4.79 Å². The first-order valence-electron chi connectivity index (χ1n) is 10.2. The zero-order chi connectivity index (χ0) is 18.6. The first-order valence-corrected chi connectivity index (χ1v) is 10.2. The van der Waals surface area contributed by atoms with E-state index in [0.717, 1.165) is 25.7 Å². The third-order valence-corrected chi connectivity index (χ3v) is 4.91. The molecule has 1 saturated carbocycles. The van der Waals surface area contributed by atoms with Gasteiger partial charge in [0, 0.05) is 6.04 Å². The Morgan fingerprint density at radius 2 is 1.50 bits per heavy atom. The van der Waals surface area contributed by atoms with Crippen LogP contribution in [-0.4, -0.2) is 29.5 Å². The van der Waals surface area contributed by atoms with Crippen LogP contribution in [0.25, 0.3) is 0 Å². The molecule has 5 heteroatoms. The summed E-state index contributed by atoms with van der Waals surface area (Å²) in [6.07, 6.45) is 13.4. The van der Waals surface area contributed by atoms with Gasteiger partial charge in [0.1, 0.15) is 11.4 Å². The van der Waals surface area contributed by atoms with Crippen LogP contribution in [-0.2, 0) is 4.74 Å². The van der Waals surface area contributed by atoms with Crippen molar-refractivity contribution in [1.29, 1.82) is 0 Å². The fraction of sp³-hybridized carbons (Fsp3) is 0.667. The maximum atomic E-state index is 12.6. The molecule has 1 heterocycles. The smallest absolute Gasteiger partial charge is 0.356 e. The van der Waals surface area contributed by atoms with Crippen molar-refractivity contribution >= 4 is 11.9 Å². The summed E-state index contributed by atoms with van der Waals surface area (Å²) in [5, 5.41) is 3.13. The van der Waals surface area contributed by atoms with Crippen LogP contribution >= 0.6 is 0 Å². The maximum Gasteiger partial charge on any atom is 0.356 e. The van der Waals surface area contributed by atoms with Crippen molar-refractivity contribution in [3.8, 4) is 0 Å². The lowest BCUT2D eigenvalue weighted by Crippen LogP contribution is -2.35. The van der Waals surface area contributed by atoms with Crippen molar-refractivity contribution in [3.63, 3.8) is 0 Å². The molecule has 0 radical (unpaired) electrons. The summed E-state index contributed by atoms with van der Waals surface area (Å²) in [5.41, 5.74) is 0.458. The van der Waals surface area contributed by atoms with E-state index in [-0.39, 0.29) is 23.3 Å². The number of ether oxygens (including phenoxy) is 1. The highest BCUT2D eigenvalue weighted by Crippen LogP contribution is 2.17. The van der Waals surface area contributed by atoms with Crippen molar-refractivity contribution in [2.75, 3.05) is 6.61 Å². The number of carbonyl (C=O) groups is 2. The molecule has 1 N–H and O–H groups in total. The summed E-state index contributed by atoms with van der Waals surface area (Å²) < 4.78 is 4.96. The highest BCUT2D eigenvalue weighted by molar-refractivity contribution is 5.94. The molecule has 1 amide bonds. The minimum absolute atomic E-state index is 0.179. The summed E-state index contributed by atoms with van der Waals surface area (Å²) in [6.45, 7) is 2.04. The molecule has 1 aliphatic carbocycles. The molecular weight excluding hydrogens is 328 g/mol. The summed E-state index contributed by atoms with van der Waals surface area (Å²) in [7, 11) is 0. The van der Waals surface area contributed by atoms with Gasteiger partial charge < -0.3 is 10.1 Å². The zero-order valence-electron chi connectivity index (χ0n) is 16.0. The van der Waals surface area contributed by atoms with Crippen molar-refractivity contribution in [1.82, 2.24) is 10.3 Å². The third-order valence-electron chi connectivity index (χ3n) is 4.91. The number of hydrogen-bond donors (Lipinski definition) is 1. The number of amides is 1. The molecule has 0 spiro atoms. The Hall–Kier alpha value is -1.91. The van der Waals surface area contributed by atoms with Gasteiger partial charge in [-0.2, -0.15) is 0 Å². The van der Waals surface area contributed by atoms with Gasteiger partial charge in [-0.1, -0.05) is 63.9 Å². The zero-order valence-corrected chi connectivity index (χ0v) is 16.0. The summed E-state index contributed by atoms with van der Waals surface area (Å²) in [6, 6.07) is 5.09. The predicted molar refractivity (Wildman–Crippen MR) is 102 cm³/mol. The van der Waals surface area contributed by atoms with Crippen molar-refractivity contribution in [3.05, 3.63) is 29.6 Å². The van der Waals surface area contributed by atoms with Crippen LogP contribution in [0, 0.1) is 0 Å². The van der Waals surface area contributed by atoms with E-state index < -0.39 is 5.97 Å². The average molecular weight is 360 g/mol. The molecule has 1 fully saturated rings. The molecule has 0 saturated heterocycles. The van der Waals surface area contributed by atoms with Crippen LogP contribution in [0.5, 0.6) is 0 Å². The number of esters is 1. The maximum absolute atomic E-state index is 12.6. The largest absolute Gasteiger partial charge is 0.461 e. The number of carbonyl (C=O) groups excluding carboxylic acids is 2. The molecule has 1 aliphatic rings. The fourth-order valence-electron chi connectivity index (χ4n) is 3.45. The Balaban J connectivity index is 1.94. The normalized spacial score (nSPS) is 17.6. The predicted octanol–water partition coefficient (Wildman–Crippen LogP) is 4.66. The molecule has 0 aromatic carbocycles. The number of aromatic nitrogens is 1. The third kappa shape index (κ3) is 7.14. The highest BCUT2D eigenvalue weighted by Gasteiger charge is 2.17. The van der Waals surface area contributed by atoms with Gasteiger partial charge in [0.25, 0.3) is 5.91 Å². The standard InChI is InChI=1S/C21H32N2O3/c1-2-26-21(25)19-16-12-15-18(23-19)20(24)22-17-13-10-8-6-4-3-5-7-9-11-14-17/h12,15-17H,2-11,13-14H2,1H3,(H,22,24). The van der Waals surface area contributed by atoms with Crippen molar-refractivity contribution in [2.45, 2.75) is 83.6 Å². The van der Waals surface area contributed by atoms with Gasteiger partial charge in [0.15, 0.2) is 0 Å². The van der Waals surface area contributed by atoms with Crippen molar-refractivity contribution in [2.24, 2.45) is 0 Å². The summed E-state index contributed by atoms with van der Waals surface area (Å²) in [4.78, 5) is 28.6. The average Bonchev–Trinajstić information content (AvgIpc) is 2.64. The van der Waals surface area contributed by atoms with Gasteiger partial charge in [-0.25, -0.2) is 9.78 Å². The van der Waals surface area contributed by atoms with Crippen LogP contribution < -0.4 is 5.32 Å². The molecule has 144 valence electrons. The molecule has 0 bridgehead atoms. The lowest BCUT2D eigenvalue weighted by Gasteiger charge is -2.19. The fourth-order valence-corrected chi connectivity index (χ4v) is 3.45. The van der Waals surface area contributed by atoms with E-state index in [2.05, 4.69) is 10.3 Å². The van der Waals surface area contributed by atoms with Crippen LogP contribution in [0.2, 0.25) is 0 Å². The Morgan fingerprint density at radius 1 is 0.962 bits per heavy atom. The quantitative estimate of drug-likeness (QED) is 0.793. The van der Waals surface area contributed by atoms with Gasteiger partial charge in [0.2, 0.25) is 0 Å². The van der Waals surface area contributed by atoms with E-state index in [4.69, 9.17) is 4.74 Å². The van der Waals surface area contributed by atoms with Crippen LogP contribution in [0.3, 0.4) is 0 Å². The molecule has 1 aromatic heterocycles. The molecule has 0 atom stereocenters. The molecule has 1 aromatic rings. The van der Waals surface area contributed by atoms with Crippen LogP contribution in [0.4, 0.5) is 0 Å². The second-order valence-corrected chi connectivity index (χ2v) is 7.06. The second-order valence-electron chi connectivity index (χ2n) is 7.06. The minimum atomic E-state index is -0.492. The molecule has 0 aliphatic heterocycles. The summed E-state index contributed by atoms with van der Waals surface area (Å²) >= 11 is 0. The van der Waals surface area contributed by atoms with Crippen LogP contribution in [0.15, 0.2) is 18.2 Å². The number of nitrogens with one attached hydrogen (secondary N) is 1. The second kappa shape index (κ2) is 11.7. The summed E-state index contributed by atoms with van der Waals surface area (Å²) in [5.74, 6) is -0.693. The lowest BCUT2D eigenvalue weighted by molar-refractivity contribution is 0.0519. The number of pyridine rings is 1. The Bertz CT molecular complexity index is 562. The Morgan fingerprint density at radius 3 is 2.08 bits per heavy atom. The number of nitrogens with zero attached hydrogens (tertiary/aromatic N) is 1. The highest BCUT2D eigenvalue weighted by atomic mass is 16.5. The van der Waals surface area contributed by atoms with E-state index in [0.29, 0.717) is 6.61 Å². The number of hydrogen-bond acceptors (Lipinski definition) is 4.